The molecule has 0 aliphatic heterocycles. The first-order valence-corrected chi connectivity index (χ1v) is 7.42. The minimum Gasteiger partial charge on any atom is -0.504 e. The van der Waals surface area contributed by atoms with E-state index in [9.17, 15) is 13.5 Å². The smallest absolute Gasteiger partial charge is 0.306 e. The van der Waals surface area contributed by atoms with Gasteiger partial charge in [0.15, 0.2) is 11.5 Å². The van der Waals surface area contributed by atoms with Gasteiger partial charge in [0.1, 0.15) is 0 Å². The number of rotatable bonds is 4. The van der Waals surface area contributed by atoms with Gasteiger partial charge in [0.05, 0.1) is 16.4 Å². The summed E-state index contributed by atoms with van der Waals surface area (Å²) in [7, 11) is -3.67. The zero-order chi connectivity index (χ0) is 13.1. The van der Waals surface area contributed by atoms with Crippen LogP contribution in [0.2, 0.25) is 0 Å². The van der Waals surface area contributed by atoms with Crippen molar-refractivity contribution in [3.8, 4) is 11.5 Å². The molecule has 0 saturated carbocycles. The van der Waals surface area contributed by atoms with Crippen LogP contribution in [-0.2, 0) is 10.1 Å². The van der Waals surface area contributed by atoms with Crippen LogP contribution in [0.3, 0.4) is 0 Å². The second-order valence-corrected chi connectivity index (χ2v) is 5.96. The maximum Gasteiger partial charge on any atom is 0.306 e. The zero-order valence-corrected chi connectivity index (χ0v) is 11.9. The molecule has 1 aromatic rings. The molecule has 1 rings (SSSR count). The SMILES string of the molecule is CS(=O)(=O)Oc1c(O)cc(/C=C/CO)cc1I. The lowest BCUT2D eigenvalue weighted by molar-refractivity contribution is 0.343. The molecule has 0 aliphatic rings. The fourth-order valence-corrected chi connectivity index (χ4v) is 2.49. The van der Waals surface area contributed by atoms with Crippen LogP contribution in [0.5, 0.6) is 11.5 Å². The average molecular weight is 370 g/mol. The van der Waals surface area contributed by atoms with E-state index in [0.717, 1.165) is 6.26 Å². The molecular formula is C10H11IO5S. The number of benzene rings is 1. The minimum atomic E-state index is -3.67. The highest BCUT2D eigenvalue weighted by Crippen LogP contribution is 2.34. The van der Waals surface area contributed by atoms with E-state index >= 15 is 0 Å². The van der Waals surface area contributed by atoms with E-state index in [2.05, 4.69) is 4.18 Å². The Bertz CT molecular complexity index is 513. The van der Waals surface area contributed by atoms with Gasteiger partial charge in [0.25, 0.3) is 0 Å². The van der Waals surface area contributed by atoms with Crippen LogP contribution in [0, 0.1) is 3.57 Å². The van der Waals surface area contributed by atoms with Crippen molar-refractivity contribution in [1.82, 2.24) is 0 Å². The Balaban J connectivity index is 3.15. The number of phenolic OH excluding ortho intramolecular Hbond substituents is 1. The lowest BCUT2D eigenvalue weighted by Gasteiger charge is -2.08. The van der Waals surface area contributed by atoms with E-state index in [1.807, 2.05) is 22.6 Å². The highest BCUT2D eigenvalue weighted by molar-refractivity contribution is 14.1. The standard InChI is InChI=1S/C10H11IO5S/c1-17(14,15)16-10-8(11)5-7(3-2-4-12)6-9(10)13/h2-3,5-6,12-13H,4H2,1H3/b3-2+. The zero-order valence-electron chi connectivity index (χ0n) is 8.92. The van der Waals surface area contributed by atoms with Gasteiger partial charge in [0, 0.05) is 0 Å². The summed E-state index contributed by atoms with van der Waals surface area (Å²) in [5.74, 6) is -0.353. The van der Waals surface area contributed by atoms with Gasteiger partial charge in [-0.2, -0.15) is 8.42 Å². The molecule has 94 valence electrons. The summed E-state index contributed by atoms with van der Waals surface area (Å²) in [4.78, 5) is 0. The predicted octanol–water partition coefficient (Wildman–Crippen LogP) is 1.34. The van der Waals surface area contributed by atoms with E-state index in [0.29, 0.717) is 9.13 Å². The molecule has 0 bridgehead atoms. The molecule has 17 heavy (non-hydrogen) atoms. The molecule has 5 nitrogen and oxygen atoms in total. The van der Waals surface area contributed by atoms with Crippen LogP contribution < -0.4 is 4.18 Å². The summed E-state index contributed by atoms with van der Waals surface area (Å²) in [6.45, 7) is -0.112. The van der Waals surface area contributed by atoms with Crippen molar-refractivity contribution in [1.29, 1.82) is 0 Å². The molecule has 0 radical (unpaired) electrons. The van der Waals surface area contributed by atoms with Crippen LogP contribution in [0.1, 0.15) is 5.56 Å². The average Bonchev–Trinajstić information content (AvgIpc) is 2.19. The third-order valence-corrected chi connectivity index (χ3v) is 2.97. The fourth-order valence-electron chi connectivity index (χ4n) is 1.12. The molecule has 2 N–H and O–H groups in total. The van der Waals surface area contributed by atoms with Gasteiger partial charge in [-0.15, -0.1) is 0 Å². The monoisotopic (exact) mass is 370 g/mol. The molecule has 0 heterocycles. The Kier molecular flexibility index (Phi) is 4.78. The lowest BCUT2D eigenvalue weighted by Crippen LogP contribution is -2.07. The van der Waals surface area contributed by atoms with Crippen molar-refractivity contribution in [3.63, 3.8) is 0 Å². The molecule has 7 heteroatoms. The number of hydrogen-bond donors (Lipinski definition) is 2. The molecule has 0 fully saturated rings. The largest absolute Gasteiger partial charge is 0.504 e. The number of aliphatic hydroxyl groups is 1. The Morgan fingerprint density at radius 1 is 1.47 bits per heavy atom. The second-order valence-electron chi connectivity index (χ2n) is 3.22. The number of aliphatic hydroxyl groups excluding tert-OH is 1. The summed E-state index contributed by atoms with van der Waals surface area (Å²) >= 11 is 1.86. The molecule has 0 aromatic heterocycles. The molecule has 0 amide bonds. The van der Waals surface area contributed by atoms with Crippen molar-refractivity contribution >= 4 is 38.8 Å². The Morgan fingerprint density at radius 2 is 2.12 bits per heavy atom. The van der Waals surface area contributed by atoms with Gasteiger partial charge < -0.3 is 14.4 Å². The quantitative estimate of drug-likeness (QED) is 0.618. The highest BCUT2D eigenvalue weighted by Gasteiger charge is 2.14. The van der Waals surface area contributed by atoms with E-state index in [1.165, 1.54) is 12.1 Å². The van der Waals surface area contributed by atoms with Crippen molar-refractivity contribution < 1.29 is 22.8 Å². The van der Waals surface area contributed by atoms with Crippen LogP contribution >= 0.6 is 22.6 Å². The summed E-state index contributed by atoms with van der Waals surface area (Å²) in [6.07, 6.45) is 4.01. The van der Waals surface area contributed by atoms with E-state index in [1.54, 1.807) is 12.1 Å². The number of aromatic hydroxyl groups is 1. The second kappa shape index (κ2) is 5.69. The summed E-state index contributed by atoms with van der Waals surface area (Å²) in [5, 5.41) is 18.3. The number of hydrogen-bond acceptors (Lipinski definition) is 5. The highest BCUT2D eigenvalue weighted by atomic mass is 127. The molecule has 0 spiro atoms. The maximum atomic E-state index is 11.0. The van der Waals surface area contributed by atoms with Gasteiger partial charge in [-0.3, -0.25) is 0 Å². The molecule has 0 atom stereocenters. The third kappa shape index (κ3) is 4.52. The first-order valence-electron chi connectivity index (χ1n) is 4.53. The Morgan fingerprint density at radius 3 is 2.59 bits per heavy atom. The normalized spacial score (nSPS) is 11.9. The van der Waals surface area contributed by atoms with E-state index < -0.39 is 10.1 Å². The number of halogens is 1. The van der Waals surface area contributed by atoms with Crippen molar-refractivity contribution in [3.05, 3.63) is 27.3 Å². The Labute approximate surface area is 113 Å². The van der Waals surface area contributed by atoms with Crippen LogP contribution in [-0.4, -0.2) is 31.5 Å². The Hall–Kier alpha value is -0.800. The lowest BCUT2D eigenvalue weighted by atomic mass is 10.2. The summed E-state index contributed by atoms with van der Waals surface area (Å²) in [6, 6.07) is 2.99. The predicted molar refractivity (Wildman–Crippen MR) is 72.4 cm³/mol. The van der Waals surface area contributed by atoms with E-state index in [4.69, 9.17) is 5.11 Å². The van der Waals surface area contributed by atoms with Crippen molar-refractivity contribution in [2.45, 2.75) is 0 Å². The van der Waals surface area contributed by atoms with Gasteiger partial charge in [0.2, 0.25) is 0 Å². The minimum absolute atomic E-state index is 0.0887. The molecule has 0 unspecified atom stereocenters. The topological polar surface area (TPSA) is 83.8 Å². The van der Waals surface area contributed by atoms with Gasteiger partial charge in [-0.25, -0.2) is 0 Å². The van der Waals surface area contributed by atoms with Crippen LogP contribution in [0.4, 0.5) is 0 Å². The summed E-state index contributed by atoms with van der Waals surface area (Å²) < 4.78 is 27.1. The summed E-state index contributed by atoms with van der Waals surface area (Å²) in [5.41, 5.74) is 0.641. The molecule has 0 aliphatic carbocycles. The van der Waals surface area contributed by atoms with Gasteiger partial charge in [-0.1, -0.05) is 12.2 Å². The van der Waals surface area contributed by atoms with Crippen molar-refractivity contribution in [2.75, 3.05) is 12.9 Å². The first-order chi connectivity index (χ1) is 7.83. The third-order valence-electron chi connectivity index (χ3n) is 1.70. The van der Waals surface area contributed by atoms with Gasteiger partial charge in [-0.05, 0) is 40.3 Å². The van der Waals surface area contributed by atoms with Crippen molar-refractivity contribution in [2.24, 2.45) is 0 Å². The van der Waals surface area contributed by atoms with Gasteiger partial charge >= 0.3 is 10.1 Å². The fraction of sp³-hybridized carbons (Fsp3) is 0.200. The van der Waals surface area contributed by atoms with Crippen LogP contribution in [0.25, 0.3) is 6.08 Å². The first kappa shape index (κ1) is 14.3. The van der Waals surface area contributed by atoms with E-state index in [-0.39, 0.29) is 18.1 Å². The molecule has 0 saturated heterocycles. The maximum absolute atomic E-state index is 11.0. The number of phenols is 1. The molecule has 1 aromatic carbocycles. The molecular weight excluding hydrogens is 359 g/mol. The van der Waals surface area contributed by atoms with Crippen LogP contribution in [0.15, 0.2) is 18.2 Å².